The summed E-state index contributed by atoms with van der Waals surface area (Å²) in [6, 6.07) is 1.85. The Labute approximate surface area is 115 Å². The van der Waals surface area contributed by atoms with Gasteiger partial charge in [-0.3, -0.25) is 0 Å². The molecule has 0 saturated heterocycles. The van der Waals surface area contributed by atoms with Crippen LogP contribution >= 0.6 is 0 Å². The van der Waals surface area contributed by atoms with Crippen LogP contribution in [0.3, 0.4) is 0 Å². The fourth-order valence-electron chi connectivity index (χ4n) is 1.41. The van der Waals surface area contributed by atoms with Crippen LogP contribution in [0.15, 0.2) is 6.07 Å². The number of aromatic nitrogens is 2. The predicted octanol–water partition coefficient (Wildman–Crippen LogP) is 2.39. The summed E-state index contributed by atoms with van der Waals surface area (Å²) in [5.41, 5.74) is -0.577. The zero-order chi connectivity index (χ0) is 14.8. The van der Waals surface area contributed by atoms with Gasteiger partial charge in [-0.15, -0.1) is 0 Å². The van der Waals surface area contributed by atoms with Crippen molar-refractivity contribution in [3.8, 4) is 0 Å². The van der Waals surface area contributed by atoms with Gasteiger partial charge < -0.3 is 15.7 Å². The standard InChI is InChI=1S/C14H26N4O/c1-9(19)14(5,6)18-11-8-10(15-7)16-12(17-11)13(2,3)4/h8-9,19H,1-7H3,(H2,15,16,17,18). The van der Waals surface area contributed by atoms with E-state index in [1.165, 1.54) is 0 Å². The van der Waals surface area contributed by atoms with Gasteiger partial charge in [-0.05, 0) is 20.8 Å². The minimum absolute atomic E-state index is 0.127. The van der Waals surface area contributed by atoms with Gasteiger partial charge in [0.25, 0.3) is 0 Å². The molecule has 0 fully saturated rings. The Morgan fingerprint density at radius 2 is 1.63 bits per heavy atom. The second-order valence-electron chi connectivity index (χ2n) is 6.48. The minimum Gasteiger partial charge on any atom is -0.391 e. The van der Waals surface area contributed by atoms with E-state index in [2.05, 4.69) is 41.4 Å². The minimum atomic E-state index is -0.487. The molecular weight excluding hydrogens is 240 g/mol. The van der Waals surface area contributed by atoms with E-state index in [4.69, 9.17) is 0 Å². The first-order chi connectivity index (χ1) is 8.56. The molecule has 1 atom stereocenters. The molecule has 1 rings (SSSR count). The highest BCUT2D eigenvalue weighted by atomic mass is 16.3. The second-order valence-corrected chi connectivity index (χ2v) is 6.48. The van der Waals surface area contributed by atoms with Crippen LogP contribution in [0.4, 0.5) is 11.6 Å². The van der Waals surface area contributed by atoms with Crippen LogP contribution in [-0.2, 0) is 5.41 Å². The van der Waals surface area contributed by atoms with Gasteiger partial charge in [0.2, 0.25) is 0 Å². The third-order valence-corrected chi connectivity index (χ3v) is 3.15. The Kier molecular flexibility index (Phi) is 4.40. The first-order valence-corrected chi connectivity index (χ1v) is 6.60. The van der Waals surface area contributed by atoms with Gasteiger partial charge in [-0.2, -0.15) is 0 Å². The molecule has 0 radical (unpaired) electrons. The van der Waals surface area contributed by atoms with Crippen molar-refractivity contribution in [2.24, 2.45) is 0 Å². The molecule has 0 amide bonds. The van der Waals surface area contributed by atoms with Gasteiger partial charge in [0.05, 0.1) is 11.6 Å². The predicted molar refractivity (Wildman–Crippen MR) is 79.7 cm³/mol. The molecule has 19 heavy (non-hydrogen) atoms. The Hall–Kier alpha value is -1.36. The van der Waals surface area contributed by atoms with Gasteiger partial charge in [0.1, 0.15) is 17.5 Å². The third kappa shape index (κ3) is 4.06. The molecular formula is C14H26N4O. The highest BCUT2D eigenvalue weighted by Gasteiger charge is 2.26. The fraction of sp³-hybridized carbons (Fsp3) is 0.714. The largest absolute Gasteiger partial charge is 0.391 e. The van der Waals surface area contributed by atoms with Gasteiger partial charge >= 0.3 is 0 Å². The Balaban J connectivity index is 3.15. The zero-order valence-electron chi connectivity index (χ0n) is 13.0. The van der Waals surface area contributed by atoms with E-state index in [-0.39, 0.29) is 5.41 Å². The lowest BCUT2D eigenvalue weighted by Gasteiger charge is -2.30. The first kappa shape index (κ1) is 15.7. The number of rotatable bonds is 4. The van der Waals surface area contributed by atoms with Gasteiger partial charge in [-0.1, -0.05) is 20.8 Å². The molecule has 5 heteroatoms. The zero-order valence-corrected chi connectivity index (χ0v) is 13.0. The molecule has 1 heterocycles. The lowest BCUT2D eigenvalue weighted by molar-refractivity contribution is 0.133. The lowest BCUT2D eigenvalue weighted by Crippen LogP contribution is -2.42. The van der Waals surface area contributed by atoms with E-state index in [1.807, 2.05) is 27.0 Å². The molecule has 0 aliphatic heterocycles. The summed E-state index contributed by atoms with van der Waals surface area (Å²) in [4.78, 5) is 9.02. The summed E-state index contributed by atoms with van der Waals surface area (Å²) >= 11 is 0. The smallest absolute Gasteiger partial charge is 0.138 e. The summed E-state index contributed by atoms with van der Waals surface area (Å²) in [6.45, 7) is 11.9. The maximum atomic E-state index is 9.78. The molecule has 0 aliphatic carbocycles. The summed E-state index contributed by atoms with van der Waals surface area (Å²) in [7, 11) is 1.83. The van der Waals surface area contributed by atoms with Crippen LogP contribution in [0, 0.1) is 0 Å². The van der Waals surface area contributed by atoms with Gasteiger partial charge in [0, 0.05) is 18.5 Å². The van der Waals surface area contributed by atoms with E-state index in [0.717, 1.165) is 17.5 Å². The monoisotopic (exact) mass is 266 g/mol. The van der Waals surface area contributed by atoms with E-state index >= 15 is 0 Å². The van der Waals surface area contributed by atoms with Crippen molar-refractivity contribution in [3.63, 3.8) is 0 Å². The number of hydrogen-bond acceptors (Lipinski definition) is 5. The summed E-state index contributed by atoms with van der Waals surface area (Å²) in [5, 5.41) is 16.1. The van der Waals surface area contributed by atoms with Crippen molar-refractivity contribution in [1.29, 1.82) is 0 Å². The fourth-order valence-corrected chi connectivity index (χ4v) is 1.41. The molecule has 0 aliphatic rings. The van der Waals surface area contributed by atoms with Crippen LogP contribution in [0.5, 0.6) is 0 Å². The van der Waals surface area contributed by atoms with Crippen LogP contribution < -0.4 is 10.6 Å². The van der Waals surface area contributed by atoms with Crippen LogP contribution in [0.1, 0.15) is 47.4 Å². The van der Waals surface area contributed by atoms with Crippen molar-refractivity contribution in [2.75, 3.05) is 17.7 Å². The van der Waals surface area contributed by atoms with Crippen LogP contribution in [0.2, 0.25) is 0 Å². The number of anilines is 2. The molecule has 0 saturated carbocycles. The van der Waals surface area contributed by atoms with Crippen LogP contribution in [-0.4, -0.2) is 33.8 Å². The normalized spacial score (nSPS) is 14.1. The van der Waals surface area contributed by atoms with E-state index in [1.54, 1.807) is 6.92 Å². The maximum Gasteiger partial charge on any atom is 0.138 e. The lowest BCUT2D eigenvalue weighted by atomic mass is 9.95. The SMILES string of the molecule is CNc1cc(NC(C)(C)C(C)O)nc(C(C)(C)C)n1. The quantitative estimate of drug-likeness (QED) is 0.780. The third-order valence-electron chi connectivity index (χ3n) is 3.15. The Bertz CT molecular complexity index is 436. The number of hydrogen-bond donors (Lipinski definition) is 3. The number of nitrogens with one attached hydrogen (secondary N) is 2. The summed E-state index contributed by atoms with van der Waals surface area (Å²) in [6.07, 6.45) is -0.487. The molecule has 1 aromatic heterocycles. The van der Waals surface area contributed by atoms with Gasteiger partial charge in [0.15, 0.2) is 0 Å². The second kappa shape index (κ2) is 5.33. The van der Waals surface area contributed by atoms with Crippen LogP contribution in [0.25, 0.3) is 0 Å². The molecule has 0 bridgehead atoms. The summed E-state index contributed by atoms with van der Waals surface area (Å²) < 4.78 is 0. The molecule has 0 spiro atoms. The first-order valence-electron chi connectivity index (χ1n) is 6.60. The number of aliphatic hydroxyl groups is 1. The highest BCUT2D eigenvalue weighted by molar-refractivity contribution is 5.49. The Morgan fingerprint density at radius 3 is 2.05 bits per heavy atom. The number of nitrogens with zero attached hydrogens (tertiary/aromatic N) is 2. The molecule has 5 nitrogen and oxygen atoms in total. The molecule has 3 N–H and O–H groups in total. The molecule has 1 aromatic rings. The van der Waals surface area contributed by atoms with Crippen molar-refractivity contribution in [1.82, 2.24) is 9.97 Å². The molecule has 1 unspecified atom stereocenters. The topological polar surface area (TPSA) is 70.1 Å². The van der Waals surface area contributed by atoms with Gasteiger partial charge in [-0.25, -0.2) is 9.97 Å². The van der Waals surface area contributed by atoms with Crippen molar-refractivity contribution < 1.29 is 5.11 Å². The average Bonchev–Trinajstić information content (AvgIpc) is 2.26. The van der Waals surface area contributed by atoms with Crippen molar-refractivity contribution in [3.05, 3.63) is 11.9 Å². The van der Waals surface area contributed by atoms with E-state index < -0.39 is 11.6 Å². The molecule has 0 aromatic carbocycles. The average molecular weight is 266 g/mol. The maximum absolute atomic E-state index is 9.78. The van der Waals surface area contributed by atoms with E-state index in [0.29, 0.717) is 0 Å². The van der Waals surface area contributed by atoms with E-state index in [9.17, 15) is 5.11 Å². The Morgan fingerprint density at radius 1 is 1.11 bits per heavy atom. The van der Waals surface area contributed by atoms with Crippen molar-refractivity contribution >= 4 is 11.6 Å². The molecule has 108 valence electrons. The summed E-state index contributed by atoms with van der Waals surface area (Å²) in [5.74, 6) is 2.25. The van der Waals surface area contributed by atoms with Crippen molar-refractivity contribution in [2.45, 2.75) is 58.6 Å². The number of aliphatic hydroxyl groups excluding tert-OH is 1. The highest BCUT2D eigenvalue weighted by Crippen LogP contribution is 2.24.